The zero-order chi connectivity index (χ0) is 19.8. The number of aliphatic carboxylic acids is 1. The summed E-state index contributed by atoms with van der Waals surface area (Å²) in [4.78, 5) is 44.8. The zero-order valence-corrected chi connectivity index (χ0v) is 15.3. The van der Waals surface area contributed by atoms with E-state index in [1.165, 1.54) is 17.4 Å². The number of amides is 2. The molecule has 0 aromatic carbocycles. The number of nitrogens with zero attached hydrogens (tertiary/aromatic N) is 2. The van der Waals surface area contributed by atoms with Gasteiger partial charge in [-0.3, -0.25) is 9.59 Å². The summed E-state index contributed by atoms with van der Waals surface area (Å²) < 4.78 is 0. The molecule has 1 aliphatic heterocycles. The topological polar surface area (TPSA) is 167 Å². The molecule has 27 heavy (non-hydrogen) atoms. The summed E-state index contributed by atoms with van der Waals surface area (Å²) in [7, 11) is 0. The van der Waals surface area contributed by atoms with Gasteiger partial charge in [-0.2, -0.15) is 0 Å². The Morgan fingerprint density at radius 1 is 1.41 bits per heavy atom. The van der Waals surface area contributed by atoms with Crippen molar-refractivity contribution in [2.45, 2.75) is 56.7 Å². The van der Waals surface area contributed by atoms with E-state index >= 15 is 0 Å². The molecule has 0 spiro atoms. The van der Waals surface area contributed by atoms with Crippen molar-refractivity contribution in [3.05, 3.63) is 18.2 Å². The SMILES string of the molecule is NCCCC[C@H](N)C(=O)N1CCC[C@H]1C(=O)N[C@@H](Cc1cnc[nH]1)C(=O)O. The molecule has 1 aliphatic rings. The van der Waals surface area contributed by atoms with Gasteiger partial charge >= 0.3 is 5.97 Å². The van der Waals surface area contributed by atoms with Gasteiger partial charge in [0.1, 0.15) is 12.1 Å². The molecular formula is C17H28N6O4. The number of carboxylic acid groups (broad SMARTS) is 1. The average Bonchev–Trinajstić information content (AvgIpc) is 3.32. The van der Waals surface area contributed by atoms with Crippen LogP contribution in [0.25, 0.3) is 0 Å². The highest BCUT2D eigenvalue weighted by Gasteiger charge is 2.37. The maximum Gasteiger partial charge on any atom is 0.326 e. The summed E-state index contributed by atoms with van der Waals surface area (Å²) in [5, 5.41) is 11.9. The minimum Gasteiger partial charge on any atom is -0.480 e. The van der Waals surface area contributed by atoms with Crippen LogP contribution in [-0.2, 0) is 20.8 Å². The number of nitrogens with two attached hydrogens (primary N) is 2. The molecule has 0 radical (unpaired) electrons. The minimum absolute atomic E-state index is 0.0837. The van der Waals surface area contributed by atoms with E-state index in [0.717, 1.165) is 12.8 Å². The second kappa shape index (κ2) is 10.0. The van der Waals surface area contributed by atoms with Crippen molar-refractivity contribution < 1.29 is 19.5 Å². The van der Waals surface area contributed by atoms with E-state index in [2.05, 4.69) is 15.3 Å². The fraction of sp³-hybridized carbons (Fsp3) is 0.647. The molecule has 2 heterocycles. The fourth-order valence-corrected chi connectivity index (χ4v) is 3.23. The molecule has 0 bridgehead atoms. The Morgan fingerprint density at radius 2 is 2.19 bits per heavy atom. The molecule has 10 nitrogen and oxygen atoms in total. The maximum atomic E-state index is 12.6. The van der Waals surface area contributed by atoms with Crippen molar-refractivity contribution >= 4 is 17.8 Å². The molecule has 0 aliphatic carbocycles. The first-order valence-corrected chi connectivity index (χ1v) is 9.20. The lowest BCUT2D eigenvalue weighted by Gasteiger charge is -2.27. The summed E-state index contributed by atoms with van der Waals surface area (Å²) in [5.41, 5.74) is 12.0. The van der Waals surface area contributed by atoms with Gasteiger partial charge in [0.2, 0.25) is 11.8 Å². The third-order valence-electron chi connectivity index (χ3n) is 4.72. The van der Waals surface area contributed by atoms with E-state index in [1.807, 2.05) is 0 Å². The van der Waals surface area contributed by atoms with E-state index in [1.54, 1.807) is 0 Å². The third-order valence-corrected chi connectivity index (χ3v) is 4.72. The number of aromatic nitrogens is 2. The summed E-state index contributed by atoms with van der Waals surface area (Å²) in [6.45, 7) is 0.988. The van der Waals surface area contributed by atoms with Crippen LogP contribution in [0.2, 0.25) is 0 Å². The molecule has 7 N–H and O–H groups in total. The van der Waals surface area contributed by atoms with Crippen molar-refractivity contribution in [2.75, 3.05) is 13.1 Å². The Bertz CT molecular complexity index is 635. The van der Waals surface area contributed by atoms with E-state index in [4.69, 9.17) is 11.5 Å². The van der Waals surface area contributed by atoms with Crippen LogP contribution in [0.1, 0.15) is 37.8 Å². The second-order valence-corrected chi connectivity index (χ2v) is 6.76. The molecule has 1 saturated heterocycles. The quantitative estimate of drug-likeness (QED) is 0.323. The van der Waals surface area contributed by atoms with E-state index in [-0.39, 0.29) is 12.3 Å². The van der Waals surface area contributed by atoms with Crippen molar-refractivity contribution in [2.24, 2.45) is 11.5 Å². The normalized spacial score (nSPS) is 18.9. The van der Waals surface area contributed by atoms with Crippen molar-refractivity contribution in [3.8, 4) is 0 Å². The second-order valence-electron chi connectivity index (χ2n) is 6.76. The number of aromatic amines is 1. The van der Waals surface area contributed by atoms with Crippen LogP contribution >= 0.6 is 0 Å². The Balaban J connectivity index is 1.96. The predicted molar refractivity (Wildman–Crippen MR) is 97.5 cm³/mol. The van der Waals surface area contributed by atoms with Crippen molar-refractivity contribution in [1.82, 2.24) is 20.2 Å². The van der Waals surface area contributed by atoms with E-state index < -0.39 is 30.0 Å². The number of likely N-dealkylation sites (tertiary alicyclic amines) is 1. The minimum atomic E-state index is -1.15. The van der Waals surface area contributed by atoms with Crippen LogP contribution in [0.4, 0.5) is 0 Å². The molecule has 1 aromatic rings. The molecule has 0 unspecified atom stereocenters. The Morgan fingerprint density at radius 3 is 2.81 bits per heavy atom. The molecule has 150 valence electrons. The summed E-state index contributed by atoms with van der Waals surface area (Å²) in [6.07, 6.45) is 6.26. The van der Waals surface area contributed by atoms with Crippen LogP contribution in [0.5, 0.6) is 0 Å². The van der Waals surface area contributed by atoms with Crippen LogP contribution in [0, 0.1) is 0 Å². The standard InChI is InChI=1S/C17H28N6O4/c18-6-2-1-4-12(19)16(25)23-7-3-5-14(23)15(24)22-13(17(26)27)8-11-9-20-10-21-11/h9-10,12-14H,1-8,18-19H2,(H,20,21)(H,22,24)(H,26,27)/t12-,13-,14-/m0/s1. The Hall–Kier alpha value is -2.46. The van der Waals surface area contributed by atoms with Gasteiger partial charge in [0, 0.05) is 24.9 Å². The van der Waals surface area contributed by atoms with Gasteiger partial charge in [-0.05, 0) is 32.2 Å². The van der Waals surface area contributed by atoms with Gasteiger partial charge in [0.05, 0.1) is 12.4 Å². The highest BCUT2D eigenvalue weighted by atomic mass is 16.4. The number of carbonyl (C=O) groups excluding carboxylic acids is 2. The molecular weight excluding hydrogens is 352 g/mol. The summed E-state index contributed by atoms with van der Waals surface area (Å²) in [6, 6.07) is -2.47. The van der Waals surface area contributed by atoms with Gasteiger partial charge in [0.25, 0.3) is 0 Å². The first-order chi connectivity index (χ1) is 12.9. The van der Waals surface area contributed by atoms with E-state index in [0.29, 0.717) is 38.0 Å². The van der Waals surface area contributed by atoms with Crippen LogP contribution in [-0.4, -0.2) is 69.0 Å². The van der Waals surface area contributed by atoms with Gasteiger partial charge in [0.15, 0.2) is 0 Å². The van der Waals surface area contributed by atoms with Crippen molar-refractivity contribution in [3.63, 3.8) is 0 Å². The number of hydrogen-bond acceptors (Lipinski definition) is 6. The van der Waals surface area contributed by atoms with Crippen molar-refractivity contribution in [1.29, 1.82) is 0 Å². The lowest BCUT2D eigenvalue weighted by Crippen LogP contribution is -2.54. The Labute approximate surface area is 157 Å². The first kappa shape index (κ1) is 20.8. The molecule has 3 atom stereocenters. The zero-order valence-electron chi connectivity index (χ0n) is 15.3. The number of rotatable bonds is 10. The molecule has 10 heteroatoms. The highest BCUT2D eigenvalue weighted by molar-refractivity contribution is 5.92. The number of imidazole rings is 1. The maximum absolute atomic E-state index is 12.6. The van der Waals surface area contributed by atoms with Crippen LogP contribution in [0.3, 0.4) is 0 Å². The number of hydrogen-bond donors (Lipinski definition) is 5. The smallest absolute Gasteiger partial charge is 0.326 e. The number of nitrogens with one attached hydrogen (secondary N) is 2. The number of carboxylic acids is 1. The van der Waals surface area contributed by atoms with Gasteiger partial charge in [-0.1, -0.05) is 6.42 Å². The largest absolute Gasteiger partial charge is 0.480 e. The first-order valence-electron chi connectivity index (χ1n) is 9.20. The Kier molecular flexibility index (Phi) is 7.74. The average molecular weight is 380 g/mol. The monoisotopic (exact) mass is 380 g/mol. The third kappa shape index (κ3) is 5.76. The van der Waals surface area contributed by atoms with Crippen LogP contribution in [0.15, 0.2) is 12.5 Å². The number of H-pyrrole nitrogens is 1. The molecule has 1 fully saturated rings. The predicted octanol–water partition coefficient (Wildman–Crippen LogP) is -1.03. The molecule has 1 aromatic heterocycles. The van der Waals surface area contributed by atoms with E-state index in [9.17, 15) is 19.5 Å². The molecule has 2 rings (SSSR count). The summed E-state index contributed by atoms with van der Waals surface area (Å²) >= 11 is 0. The van der Waals surface area contributed by atoms with Crippen LogP contribution < -0.4 is 16.8 Å². The van der Waals surface area contributed by atoms with Gasteiger partial charge < -0.3 is 31.8 Å². The number of carbonyl (C=O) groups is 3. The van der Waals surface area contributed by atoms with Gasteiger partial charge in [-0.15, -0.1) is 0 Å². The fourth-order valence-electron chi connectivity index (χ4n) is 3.23. The van der Waals surface area contributed by atoms with Gasteiger partial charge in [-0.25, -0.2) is 9.78 Å². The molecule has 0 saturated carbocycles. The summed E-state index contributed by atoms with van der Waals surface area (Å²) in [5.74, 6) is -1.89. The number of unbranched alkanes of at least 4 members (excludes halogenated alkanes) is 1. The lowest BCUT2D eigenvalue weighted by atomic mass is 10.1. The molecule has 2 amide bonds. The highest BCUT2D eigenvalue weighted by Crippen LogP contribution is 2.19. The lowest BCUT2D eigenvalue weighted by molar-refractivity contribution is -0.144.